The number of aromatic nitrogens is 2. The van der Waals surface area contributed by atoms with Gasteiger partial charge in [0.1, 0.15) is 24.2 Å². The lowest BCUT2D eigenvalue weighted by Crippen LogP contribution is -2.22. The number of nitriles is 1. The molecule has 1 heterocycles. The maximum Gasteiger partial charge on any atom is 0.276 e. The molecule has 0 bridgehead atoms. The molecule has 0 aliphatic carbocycles. The minimum atomic E-state index is -3.76. The Morgan fingerprint density at radius 3 is 2.61 bits per heavy atom. The quantitative estimate of drug-likeness (QED) is 0.291. The van der Waals surface area contributed by atoms with Crippen LogP contribution >= 0.6 is 0 Å². The Kier molecular flexibility index (Phi) is 7.12. The monoisotopic (exact) mass is 419 g/mol. The van der Waals surface area contributed by atoms with Gasteiger partial charge in [0.25, 0.3) is 10.0 Å². The van der Waals surface area contributed by atoms with Gasteiger partial charge < -0.3 is 4.74 Å². The van der Waals surface area contributed by atoms with Gasteiger partial charge in [-0.2, -0.15) is 23.9 Å². The van der Waals surface area contributed by atoms with Crippen molar-refractivity contribution in [1.29, 1.82) is 5.26 Å². The summed E-state index contributed by atoms with van der Waals surface area (Å²) in [6.45, 7) is 9.43. The Morgan fingerprint density at radius 1 is 1.32 bits per heavy atom. The van der Waals surface area contributed by atoms with Crippen LogP contribution in [0.25, 0.3) is 0 Å². The van der Waals surface area contributed by atoms with Crippen LogP contribution in [0.2, 0.25) is 25.7 Å². The fourth-order valence-corrected chi connectivity index (χ4v) is 3.70. The van der Waals surface area contributed by atoms with Crippen LogP contribution in [-0.4, -0.2) is 39.1 Å². The van der Waals surface area contributed by atoms with Gasteiger partial charge in [-0.1, -0.05) is 37.3 Å². The third-order valence-corrected chi connectivity index (χ3v) is 6.77. The highest BCUT2D eigenvalue weighted by atomic mass is 32.2. The molecule has 8 nitrogen and oxygen atoms in total. The molecule has 1 N–H and O–H groups in total. The molecular weight excluding hydrogens is 394 g/mol. The molecule has 0 amide bonds. The summed E-state index contributed by atoms with van der Waals surface area (Å²) in [4.78, 5) is 2.26. The molecule has 0 aliphatic rings. The summed E-state index contributed by atoms with van der Waals surface area (Å²) in [5.74, 6) is 0. The molecule has 0 spiro atoms. The van der Waals surface area contributed by atoms with E-state index in [1.165, 1.54) is 29.1 Å². The first-order valence-corrected chi connectivity index (χ1v) is 14.0. The summed E-state index contributed by atoms with van der Waals surface area (Å²) in [7, 11) is -4.94. The highest BCUT2D eigenvalue weighted by Crippen LogP contribution is 2.10. The maximum absolute atomic E-state index is 12.2. The zero-order chi connectivity index (χ0) is 20.8. The molecule has 2 aromatic rings. The molecule has 0 atom stereocenters. The van der Waals surface area contributed by atoms with Crippen LogP contribution in [0.1, 0.15) is 17.0 Å². The van der Waals surface area contributed by atoms with Crippen LogP contribution in [0.5, 0.6) is 0 Å². The summed E-state index contributed by atoms with van der Waals surface area (Å²) in [6, 6.07) is 11.0. The Balaban J connectivity index is 1.99. The molecule has 0 saturated heterocycles. The van der Waals surface area contributed by atoms with Crippen molar-refractivity contribution in [2.45, 2.75) is 44.2 Å². The van der Waals surface area contributed by atoms with Gasteiger partial charge in [0.2, 0.25) is 0 Å². The van der Waals surface area contributed by atoms with E-state index in [1.807, 2.05) is 13.0 Å². The number of rotatable bonds is 9. The molecule has 150 valence electrons. The maximum atomic E-state index is 12.2. The van der Waals surface area contributed by atoms with E-state index in [0.29, 0.717) is 18.0 Å². The SMILES string of the molecule is Cc1ccc(S(=O)(=O)NN=Cc2cc(C#N)n(COCC[Si](C)(C)C)n2)cc1. The van der Waals surface area contributed by atoms with Crippen molar-refractivity contribution in [3.63, 3.8) is 0 Å². The number of ether oxygens (including phenoxy) is 1. The molecule has 28 heavy (non-hydrogen) atoms. The normalized spacial score (nSPS) is 12.2. The fraction of sp³-hybridized carbons (Fsp3) is 0.389. The van der Waals surface area contributed by atoms with Gasteiger partial charge >= 0.3 is 0 Å². The van der Waals surface area contributed by atoms with Crippen molar-refractivity contribution in [3.8, 4) is 6.07 Å². The molecule has 0 aliphatic heterocycles. The van der Waals surface area contributed by atoms with Crippen LogP contribution < -0.4 is 4.83 Å². The van der Waals surface area contributed by atoms with Gasteiger partial charge in [-0.25, -0.2) is 9.51 Å². The van der Waals surface area contributed by atoms with E-state index in [2.05, 4.69) is 34.7 Å². The van der Waals surface area contributed by atoms with E-state index in [1.54, 1.807) is 12.1 Å². The number of benzene rings is 1. The summed E-state index contributed by atoms with van der Waals surface area (Å²) in [5, 5.41) is 17.2. The Hall–Kier alpha value is -2.48. The van der Waals surface area contributed by atoms with Gasteiger partial charge in [0, 0.05) is 20.7 Å². The molecule has 0 radical (unpaired) electrons. The third kappa shape index (κ3) is 6.60. The Bertz CT molecular complexity index is 970. The first-order valence-electron chi connectivity index (χ1n) is 8.78. The van der Waals surface area contributed by atoms with Crippen molar-refractivity contribution in [2.24, 2.45) is 5.10 Å². The van der Waals surface area contributed by atoms with Crippen LogP contribution in [0, 0.1) is 18.3 Å². The number of hydrogen-bond acceptors (Lipinski definition) is 6. The molecular formula is C18H25N5O3SSi. The lowest BCUT2D eigenvalue weighted by atomic mass is 10.2. The van der Waals surface area contributed by atoms with Gasteiger partial charge in [-0.05, 0) is 25.1 Å². The van der Waals surface area contributed by atoms with Crippen molar-refractivity contribution in [2.75, 3.05) is 6.61 Å². The van der Waals surface area contributed by atoms with Crippen LogP contribution in [0.4, 0.5) is 0 Å². The number of nitrogens with zero attached hydrogens (tertiary/aromatic N) is 4. The molecule has 1 aromatic carbocycles. The second-order valence-electron chi connectivity index (χ2n) is 7.58. The fourth-order valence-electron chi connectivity index (χ4n) is 2.15. The van der Waals surface area contributed by atoms with Gasteiger partial charge in [0.15, 0.2) is 0 Å². The van der Waals surface area contributed by atoms with Crippen LogP contribution in [0.15, 0.2) is 40.3 Å². The number of sulfonamides is 1. The second-order valence-corrected chi connectivity index (χ2v) is 14.9. The average Bonchev–Trinajstić information content (AvgIpc) is 3.00. The number of nitrogens with one attached hydrogen (secondary N) is 1. The first kappa shape index (κ1) is 21.8. The predicted octanol–water partition coefficient (Wildman–Crippen LogP) is 2.69. The summed E-state index contributed by atoms with van der Waals surface area (Å²) >= 11 is 0. The Morgan fingerprint density at radius 2 is 2.00 bits per heavy atom. The molecule has 2 rings (SSSR count). The van der Waals surface area contributed by atoms with Crippen molar-refractivity contribution >= 4 is 24.3 Å². The smallest absolute Gasteiger partial charge is 0.276 e. The largest absolute Gasteiger partial charge is 0.359 e. The molecule has 10 heteroatoms. The van der Waals surface area contributed by atoms with Crippen LogP contribution in [0.3, 0.4) is 0 Å². The summed E-state index contributed by atoms with van der Waals surface area (Å²) in [6.07, 6.45) is 1.26. The number of hydrogen-bond donors (Lipinski definition) is 1. The van der Waals surface area contributed by atoms with E-state index >= 15 is 0 Å². The third-order valence-electron chi connectivity index (χ3n) is 3.82. The van der Waals surface area contributed by atoms with Crippen molar-refractivity contribution in [1.82, 2.24) is 14.6 Å². The molecule has 0 saturated carbocycles. The zero-order valence-electron chi connectivity index (χ0n) is 16.5. The number of hydrazone groups is 1. The summed E-state index contributed by atoms with van der Waals surface area (Å²) < 4.78 is 31.4. The number of aryl methyl sites for hydroxylation is 1. The molecule has 1 aromatic heterocycles. The van der Waals surface area contributed by atoms with E-state index in [9.17, 15) is 13.7 Å². The van der Waals surface area contributed by atoms with E-state index in [4.69, 9.17) is 4.74 Å². The van der Waals surface area contributed by atoms with Gasteiger partial charge in [0.05, 0.1) is 11.1 Å². The van der Waals surface area contributed by atoms with E-state index < -0.39 is 18.1 Å². The zero-order valence-corrected chi connectivity index (χ0v) is 18.3. The second kappa shape index (κ2) is 9.14. The van der Waals surface area contributed by atoms with E-state index in [-0.39, 0.29) is 11.6 Å². The van der Waals surface area contributed by atoms with Crippen LogP contribution in [-0.2, 0) is 21.5 Å². The Labute approximate surface area is 166 Å². The minimum Gasteiger partial charge on any atom is -0.359 e. The first-order chi connectivity index (χ1) is 13.1. The highest BCUT2D eigenvalue weighted by molar-refractivity contribution is 7.89. The van der Waals surface area contributed by atoms with Gasteiger partial charge in [-0.15, -0.1) is 0 Å². The predicted molar refractivity (Wildman–Crippen MR) is 110 cm³/mol. The lowest BCUT2D eigenvalue weighted by molar-refractivity contribution is 0.0779. The average molecular weight is 420 g/mol. The van der Waals surface area contributed by atoms with E-state index in [0.717, 1.165) is 11.6 Å². The van der Waals surface area contributed by atoms with Crippen molar-refractivity contribution < 1.29 is 13.2 Å². The minimum absolute atomic E-state index is 0.120. The molecule has 0 unspecified atom stereocenters. The topological polar surface area (TPSA) is 109 Å². The molecule has 0 fully saturated rings. The highest BCUT2D eigenvalue weighted by Gasteiger charge is 2.14. The summed E-state index contributed by atoms with van der Waals surface area (Å²) in [5.41, 5.74) is 1.64. The lowest BCUT2D eigenvalue weighted by Gasteiger charge is -2.15. The van der Waals surface area contributed by atoms with Gasteiger partial charge in [-0.3, -0.25) is 0 Å². The van der Waals surface area contributed by atoms with Crippen molar-refractivity contribution in [3.05, 3.63) is 47.3 Å². The standard InChI is InChI=1S/C18H25N5O3SSi/c1-15-5-7-18(8-6-15)27(24,25)22-20-13-16-11-17(12-19)23(21-16)14-26-9-10-28(2,3)4/h5-8,11,13,22H,9-10,14H2,1-4H3.